The average molecular weight is 449 g/mol. The van der Waals surface area contributed by atoms with E-state index in [1.54, 1.807) is 10.7 Å². The number of ether oxygens (including phenoxy) is 1. The van der Waals surface area contributed by atoms with Gasteiger partial charge in [-0.25, -0.2) is 4.39 Å². The van der Waals surface area contributed by atoms with Crippen LogP contribution < -0.4 is 10.6 Å². The molecule has 0 bridgehead atoms. The molecule has 0 saturated carbocycles. The Morgan fingerprint density at radius 1 is 1.31 bits per heavy atom. The molecule has 2 aromatic rings. The Labute approximate surface area is 187 Å². The summed E-state index contributed by atoms with van der Waals surface area (Å²) in [5, 5.41) is 19.4. The standard InChI is InChI=1S/C23H33FN4O4/c1-23(2,3)20(22(31)25-9-4-10-29)26-21(30)19-17-13-16(24)5-6-18(17)28(27-19)14-15-7-11-32-12-8-15/h5-6,13,15,20,29H,4,7-12,14H2,1-3H3,(H,25,31)(H,26,30)/t20-/m1/s1. The van der Waals surface area contributed by atoms with Gasteiger partial charge < -0.3 is 20.5 Å². The second-order valence-corrected chi connectivity index (χ2v) is 9.39. The zero-order chi connectivity index (χ0) is 23.3. The number of benzene rings is 1. The molecule has 32 heavy (non-hydrogen) atoms. The fourth-order valence-corrected chi connectivity index (χ4v) is 3.90. The molecule has 2 heterocycles. The number of nitrogens with one attached hydrogen (secondary N) is 2. The highest BCUT2D eigenvalue weighted by Gasteiger charge is 2.34. The highest BCUT2D eigenvalue weighted by molar-refractivity contribution is 6.06. The first-order chi connectivity index (χ1) is 15.2. The second kappa shape index (κ2) is 10.4. The van der Waals surface area contributed by atoms with Crippen LogP contribution in [0.2, 0.25) is 0 Å². The van der Waals surface area contributed by atoms with E-state index in [9.17, 15) is 14.0 Å². The molecule has 0 aliphatic carbocycles. The summed E-state index contributed by atoms with van der Waals surface area (Å²) in [6.07, 6.45) is 2.24. The number of aliphatic hydroxyl groups excluding tert-OH is 1. The Kier molecular flexibility index (Phi) is 7.84. The van der Waals surface area contributed by atoms with Crippen molar-refractivity contribution in [2.45, 2.75) is 52.6 Å². The van der Waals surface area contributed by atoms with E-state index in [0.29, 0.717) is 49.5 Å². The lowest BCUT2D eigenvalue weighted by Gasteiger charge is -2.30. The van der Waals surface area contributed by atoms with Crippen molar-refractivity contribution < 1.29 is 23.8 Å². The van der Waals surface area contributed by atoms with Crippen molar-refractivity contribution in [2.24, 2.45) is 11.3 Å². The van der Waals surface area contributed by atoms with Crippen LogP contribution in [0.4, 0.5) is 4.39 Å². The zero-order valence-electron chi connectivity index (χ0n) is 19.0. The first-order valence-electron chi connectivity index (χ1n) is 11.1. The minimum Gasteiger partial charge on any atom is -0.396 e. The molecule has 3 rings (SSSR count). The van der Waals surface area contributed by atoms with Gasteiger partial charge in [0.15, 0.2) is 5.69 Å². The van der Waals surface area contributed by atoms with E-state index in [1.165, 1.54) is 12.1 Å². The van der Waals surface area contributed by atoms with Crippen LogP contribution >= 0.6 is 0 Å². The lowest BCUT2D eigenvalue weighted by atomic mass is 9.86. The Hall–Kier alpha value is -2.52. The largest absolute Gasteiger partial charge is 0.396 e. The van der Waals surface area contributed by atoms with Crippen LogP contribution in [0.1, 0.15) is 50.5 Å². The predicted molar refractivity (Wildman–Crippen MR) is 119 cm³/mol. The molecule has 3 N–H and O–H groups in total. The minimum absolute atomic E-state index is 0.0328. The summed E-state index contributed by atoms with van der Waals surface area (Å²) in [5.41, 5.74) is 0.219. The summed E-state index contributed by atoms with van der Waals surface area (Å²) in [6, 6.07) is 3.48. The molecule has 2 amide bonds. The zero-order valence-corrected chi connectivity index (χ0v) is 19.0. The monoisotopic (exact) mass is 448 g/mol. The number of carbonyl (C=O) groups excluding carboxylic acids is 2. The maximum Gasteiger partial charge on any atom is 0.273 e. The van der Waals surface area contributed by atoms with Crippen molar-refractivity contribution in [2.75, 3.05) is 26.4 Å². The average Bonchev–Trinajstić information content (AvgIpc) is 3.09. The molecule has 9 heteroatoms. The van der Waals surface area contributed by atoms with Gasteiger partial charge in [-0.15, -0.1) is 0 Å². The molecule has 0 radical (unpaired) electrons. The van der Waals surface area contributed by atoms with Crippen molar-refractivity contribution in [3.63, 3.8) is 0 Å². The number of nitrogens with zero attached hydrogens (tertiary/aromatic N) is 2. The molecule has 1 aromatic carbocycles. The van der Waals surface area contributed by atoms with Crippen molar-refractivity contribution in [3.8, 4) is 0 Å². The molecular formula is C23H33FN4O4. The molecule has 0 unspecified atom stereocenters. The lowest BCUT2D eigenvalue weighted by molar-refractivity contribution is -0.125. The summed E-state index contributed by atoms with van der Waals surface area (Å²) >= 11 is 0. The van der Waals surface area contributed by atoms with E-state index in [1.807, 2.05) is 20.8 Å². The van der Waals surface area contributed by atoms with Crippen LogP contribution in [-0.4, -0.2) is 59.1 Å². The number of halogens is 1. The molecule has 8 nitrogen and oxygen atoms in total. The third-order valence-corrected chi connectivity index (χ3v) is 5.74. The molecule has 1 aromatic heterocycles. The van der Waals surface area contributed by atoms with Crippen molar-refractivity contribution >= 4 is 22.7 Å². The Bertz CT molecular complexity index is 947. The summed E-state index contributed by atoms with van der Waals surface area (Å²) in [6.45, 7) is 7.85. The van der Waals surface area contributed by atoms with Crippen LogP contribution in [0.5, 0.6) is 0 Å². The molecular weight excluding hydrogens is 415 g/mol. The summed E-state index contributed by atoms with van der Waals surface area (Å²) in [5.74, 6) is -0.946. The number of carbonyl (C=O) groups is 2. The van der Waals surface area contributed by atoms with Crippen LogP contribution in [0.15, 0.2) is 18.2 Å². The number of hydrogen-bond donors (Lipinski definition) is 3. The third-order valence-electron chi connectivity index (χ3n) is 5.74. The van der Waals surface area contributed by atoms with Gasteiger partial charge in [0, 0.05) is 38.3 Å². The van der Waals surface area contributed by atoms with Gasteiger partial charge in [-0.3, -0.25) is 14.3 Å². The Balaban J connectivity index is 1.86. The molecule has 1 fully saturated rings. The van der Waals surface area contributed by atoms with Gasteiger partial charge in [0.05, 0.1) is 5.52 Å². The lowest BCUT2D eigenvalue weighted by Crippen LogP contribution is -2.53. The fraction of sp³-hybridized carbons (Fsp3) is 0.609. The van der Waals surface area contributed by atoms with E-state index in [2.05, 4.69) is 15.7 Å². The minimum atomic E-state index is -0.821. The van der Waals surface area contributed by atoms with Gasteiger partial charge in [-0.1, -0.05) is 20.8 Å². The van der Waals surface area contributed by atoms with Gasteiger partial charge >= 0.3 is 0 Å². The Morgan fingerprint density at radius 2 is 2.03 bits per heavy atom. The van der Waals surface area contributed by atoms with E-state index in [0.717, 1.165) is 12.8 Å². The molecule has 0 spiro atoms. The van der Waals surface area contributed by atoms with Crippen molar-refractivity contribution in [3.05, 3.63) is 29.7 Å². The molecule has 1 aliphatic rings. The molecule has 176 valence electrons. The van der Waals surface area contributed by atoms with Gasteiger partial charge in [-0.05, 0) is 48.8 Å². The number of fused-ring (bicyclic) bond motifs is 1. The van der Waals surface area contributed by atoms with Gasteiger partial charge in [0.2, 0.25) is 5.91 Å². The number of aliphatic hydroxyl groups is 1. The molecule has 1 atom stereocenters. The predicted octanol–water partition coefficient (Wildman–Crippen LogP) is 2.25. The topological polar surface area (TPSA) is 105 Å². The number of hydrogen-bond acceptors (Lipinski definition) is 5. The maximum absolute atomic E-state index is 14.0. The molecule has 1 aliphatic heterocycles. The van der Waals surface area contributed by atoms with E-state index >= 15 is 0 Å². The number of amides is 2. The van der Waals surface area contributed by atoms with Crippen LogP contribution in [0, 0.1) is 17.2 Å². The second-order valence-electron chi connectivity index (χ2n) is 9.39. The van der Waals surface area contributed by atoms with Gasteiger partial charge in [-0.2, -0.15) is 5.10 Å². The number of rotatable bonds is 8. The summed E-state index contributed by atoms with van der Waals surface area (Å²) in [7, 11) is 0. The summed E-state index contributed by atoms with van der Waals surface area (Å²) in [4.78, 5) is 25.9. The van der Waals surface area contributed by atoms with Crippen LogP contribution in [-0.2, 0) is 16.1 Å². The Morgan fingerprint density at radius 3 is 2.69 bits per heavy atom. The van der Waals surface area contributed by atoms with Gasteiger partial charge in [0.1, 0.15) is 11.9 Å². The van der Waals surface area contributed by atoms with Crippen molar-refractivity contribution in [1.29, 1.82) is 0 Å². The third kappa shape index (κ3) is 5.83. The SMILES string of the molecule is CC(C)(C)[C@H](NC(=O)c1nn(CC2CCOCC2)c2ccc(F)cc12)C(=O)NCCCO. The van der Waals surface area contributed by atoms with E-state index in [-0.39, 0.29) is 18.2 Å². The van der Waals surface area contributed by atoms with Crippen LogP contribution in [0.25, 0.3) is 10.9 Å². The highest BCUT2D eigenvalue weighted by Crippen LogP contribution is 2.25. The van der Waals surface area contributed by atoms with E-state index in [4.69, 9.17) is 9.84 Å². The normalized spacial score (nSPS) is 16.2. The maximum atomic E-state index is 14.0. The number of aromatic nitrogens is 2. The highest BCUT2D eigenvalue weighted by atomic mass is 19.1. The fourth-order valence-electron chi connectivity index (χ4n) is 3.90. The first kappa shape index (κ1) is 24.1. The first-order valence-corrected chi connectivity index (χ1v) is 11.1. The molecule has 1 saturated heterocycles. The van der Waals surface area contributed by atoms with Gasteiger partial charge in [0.25, 0.3) is 5.91 Å². The van der Waals surface area contributed by atoms with Crippen LogP contribution in [0.3, 0.4) is 0 Å². The van der Waals surface area contributed by atoms with Crippen molar-refractivity contribution in [1.82, 2.24) is 20.4 Å². The summed E-state index contributed by atoms with van der Waals surface area (Å²) < 4.78 is 21.2. The van der Waals surface area contributed by atoms with E-state index < -0.39 is 23.2 Å². The quantitative estimate of drug-likeness (QED) is 0.537. The smallest absolute Gasteiger partial charge is 0.273 e.